The molecule has 1 aromatic rings. The van der Waals surface area contributed by atoms with Crippen molar-refractivity contribution in [2.75, 3.05) is 0 Å². The second-order valence-electron chi connectivity index (χ2n) is 2.55. The number of aryl methyl sites for hydroxylation is 2. The number of hydrogen-bond acceptors (Lipinski definition) is 3. The molecule has 4 heteroatoms. The first-order valence-corrected chi connectivity index (χ1v) is 3.56. The quantitative estimate of drug-likeness (QED) is 0.606. The molecular weight excluding hydrogens is 154 g/mol. The molecule has 1 rings (SSSR count). The number of carbonyl (C=O) groups is 1. The lowest BCUT2D eigenvalue weighted by atomic mass is 10.2. The Morgan fingerprint density at radius 1 is 1.83 bits per heavy atom. The number of rotatable bonds is 2. The van der Waals surface area contributed by atoms with Crippen molar-refractivity contribution in [3.05, 3.63) is 17.5 Å². The number of carbonyl (C=O) groups excluding carboxylic acids is 1. The summed E-state index contributed by atoms with van der Waals surface area (Å²) in [5.41, 5.74) is 1.29. The maximum Gasteiger partial charge on any atom is 0.194 e. The summed E-state index contributed by atoms with van der Waals surface area (Å²) < 4.78 is 1.50. The average Bonchev–Trinajstić information content (AvgIpc) is 2.30. The highest BCUT2D eigenvalue weighted by Crippen LogP contribution is 2.04. The van der Waals surface area contributed by atoms with E-state index in [1.807, 2.05) is 13.0 Å². The van der Waals surface area contributed by atoms with E-state index in [9.17, 15) is 4.79 Å². The summed E-state index contributed by atoms with van der Waals surface area (Å²) in [5.74, 6) is -0.180. The maximum atomic E-state index is 11.2. The predicted octanol–water partition coefficient (Wildman–Crippen LogP) is 0.825. The second-order valence-corrected chi connectivity index (χ2v) is 2.55. The van der Waals surface area contributed by atoms with Crippen molar-refractivity contribution in [1.29, 1.82) is 5.26 Å². The van der Waals surface area contributed by atoms with E-state index in [1.165, 1.54) is 4.68 Å². The molecule has 0 N–H and O–H groups in total. The van der Waals surface area contributed by atoms with Crippen molar-refractivity contribution in [2.45, 2.75) is 13.3 Å². The predicted molar refractivity (Wildman–Crippen MR) is 42.5 cm³/mol. The molecule has 0 aromatic carbocycles. The molecule has 0 unspecified atom stereocenters. The summed E-state index contributed by atoms with van der Waals surface area (Å²) >= 11 is 0. The van der Waals surface area contributed by atoms with Crippen LogP contribution in [0, 0.1) is 18.3 Å². The maximum absolute atomic E-state index is 11.2. The first-order valence-electron chi connectivity index (χ1n) is 3.56. The largest absolute Gasteiger partial charge is 0.291 e. The van der Waals surface area contributed by atoms with Crippen LogP contribution in [-0.2, 0) is 7.05 Å². The molecule has 0 aliphatic heterocycles. The molecule has 0 atom stereocenters. The molecule has 0 amide bonds. The summed E-state index contributed by atoms with van der Waals surface area (Å²) in [6.07, 6.45) is -0.0844. The molecule has 1 aromatic heterocycles. The molecule has 0 spiro atoms. The van der Waals surface area contributed by atoms with E-state index in [-0.39, 0.29) is 12.2 Å². The second kappa shape index (κ2) is 3.18. The van der Waals surface area contributed by atoms with Crippen molar-refractivity contribution < 1.29 is 4.79 Å². The minimum atomic E-state index is -0.180. The summed E-state index contributed by atoms with van der Waals surface area (Å²) in [4.78, 5) is 11.2. The number of hydrogen-bond donors (Lipinski definition) is 0. The van der Waals surface area contributed by atoms with Crippen LogP contribution in [0.4, 0.5) is 0 Å². The molecular formula is C8H9N3O. The van der Waals surface area contributed by atoms with Crippen molar-refractivity contribution >= 4 is 5.78 Å². The molecule has 0 saturated carbocycles. The highest BCUT2D eigenvalue weighted by molar-refractivity contribution is 5.95. The topological polar surface area (TPSA) is 58.7 Å². The van der Waals surface area contributed by atoms with Crippen molar-refractivity contribution in [1.82, 2.24) is 9.78 Å². The Morgan fingerprint density at radius 3 is 2.92 bits per heavy atom. The van der Waals surface area contributed by atoms with Crippen LogP contribution in [0.5, 0.6) is 0 Å². The Hall–Kier alpha value is -1.63. The zero-order chi connectivity index (χ0) is 9.14. The molecule has 4 nitrogen and oxygen atoms in total. The van der Waals surface area contributed by atoms with Crippen LogP contribution in [0.15, 0.2) is 6.07 Å². The van der Waals surface area contributed by atoms with Crippen LogP contribution < -0.4 is 0 Å². The van der Waals surface area contributed by atoms with E-state index in [0.717, 1.165) is 5.69 Å². The van der Waals surface area contributed by atoms with E-state index in [2.05, 4.69) is 5.10 Å². The number of nitrogens with zero attached hydrogens (tertiary/aromatic N) is 3. The number of Topliss-reactive ketones (excluding diaryl/α,β-unsaturated/α-hetero) is 1. The van der Waals surface area contributed by atoms with Crippen LogP contribution in [0.1, 0.15) is 22.6 Å². The summed E-state index contributed by atoms with van der Waals surface area (Å²) in [6, 6.07) is 3.49. The Bertz CT molecular complexity index is 346. The summed E-state index contributed by atoms with van der Waals surface area (Å²) in [5, 5.41) is 12.3. The normalized spacial score (nSPS) is 9.42. The van der Waals surface area contributed by atoms with Gasteiger partial charge in [0, 0.05) is 7.05 Å². The van der Waals surface area contributed by atoms with E-state index in [1.54, 1.807) is 13.1 Å². The molecule has 0 aliphatic rings. The molecule has 1 heterocycles. The van der Waals surface area contributed by atoms with Gasteiger partial charge in [-0.2, -0.15) is 10.4 Å². The molecule has 0 fully saturated rings. The van der Waals surface area contributed by atoms with E-state index >= 15 is 0 Å². The Kier molecular flexibility index (Phi) is 2.24. The first-order chi connectivity index (χ1) is 5.65. The van der Waals surface area contributed by atoms with Gasteiger partial charge in [-0.3, -0.25) is 9.48 Å². The van der Waals surface area contributed by atoms with Crippen molar-refractivity contribution in [3.63, 3.8) is 0 Å². The smallest absolute Gasteiger partial charge is 0.194 e. The molecule has 0 saturated heterocycles. The van der Waals surface area contributed by atoms with Gasteiger partial charge in [0.15, 0.2) is 5.78 Å². The molecule has 12 heavy (non-hydrogen) atoms. The SMILES string of the molecule is Cc1cc(C(=O)CC#N)n(C)n1. The molecule has 62 valence electrons. The highest BCUT2D eigenvalue weighted by Gasteiger charge is 2.10. The standard InChI is InChI=1S/C8H9N3O/c1-6-5-7(11(2)10-6)8(12)3-4-9/h5H,3H2,1-2H3. The van der Waals surface area contributed by atoms with Gasteiger partial charge in [-0.1, -0.05) is 0 Å². The highest BCUT2D eigenvalue weighted by atomic mass is 16.1. The van der Waals surface area contributed by atoms with Crippen molar-refractivity contribution in [2.24, 2.45) is 7.05 Å². The lowest BCUT2D eigenvalue weighted by Crippen LogP contribution is -2.05. The molecule has 0 radical (unpaired) electrons. The third kappa shape index (κ3) is 1.51. The fraction of sp³-hybridized carbons (Fsp3) is 0.375. The van der Waals surface area contributed by atoms with E-state index in [4.69, 9.17) is 5.26 Å². The Labute approximate surface area is 70.4 Å². The van der Waals surface area contributed by atoms with Crippen LogP contribution in [0.25, 0.3) is 0 Å². The minimum absolute atomic E-state index is 0.0844. The van der Waals surface area contributed by atoms with Gasteiger partial charge in [-0.25, -0.2) is 0 Å². The van der Waals surface area contributed by atoms with Gasteiger partial charge in [0.1, 0.15) is 12.1 Å². The minimum Gasteiger partial charge on any atom is -0.291 e. The van der Waals surface area contributed by atoms with Gasteiger partial charge in [0.2, 0.25) is 0 Å². The third-order valence-corrected chi connectivity index (χ3v) is 1.53. The summed E-state index contributed by atoms with van der Waals surface area (Å²) in [6.45, 7) is 1.81. The zero-order valence-corrected chi connectivity index (χ0v) is 7.03. The van der Waals surface area contributed by atoms with Crippen LogP contribution in [0.3, 0.4) is 0 Å². The molecule has 0 bridgehead atoms. The number of aromatic nitrogens is 2. The van der Waals surface area contributed by atoms with Crippen molar-refractivity contribution in [3.8, 4) is 6.07 Å². The van der Waals surface area contributed by atoms with Crippen LogP contribution in [-0.4, -0.2) is 15.6 Å². The lowest BCUT2D eigenvalue weighted by Gasteiger charge is -1.94. The van der Waals surface area contributed by atoms with Crippen LogP contribution >= 0.6 is 0 Å². The van der Waals surface area contributed by atoms with Gasteiger partial charge in [0.25, 0.3) is 0 Å². The zero-order valence-electron chi connectivity index (χ0n) is 7.03. The molecule has 0 aliphatic carbocycles. The van der Waals surface area contributed by atoms with Gasteiger partial charge in [-0.15, -0.1) is 0 Å². The summed E-state index contributed by atoms with van der Waals surface area (Å²) in [7, 11) is 1.69. The number of ketones is 1. The average molecular weight is 163 g/mol. The van der Waals surface area contributed by atoms with Gasteiger partial charge >= 0.3 is 0 Å². The monoisotopic (exact) mass is 163 g/mol. The van der Waals surface area contributed by atoms with Gasteiger partial charge < -0.3 is 0 Å². The first kappa shape index (κ1) is 8.47. The van der Waals surface area contributed by atoms with Gasteiger partial charge in [-0.05, 0) is 13.0 Å². The Morgan fingerprint density at radius 2 is 2.50 bits per heavy atom. The third-order valence-electron chi connectivity index (χ3n) is 1.53. The lowest BCUT2D eigenvalue weighted by molar-refractivity contribution is 0.0989. The van der Waals surface area contributed by atoms with E-state index in [0.29, 0.717) is 5.69 Å². The fourth-order valence-electron chi connectivity index (χ4n) is 1.03. The number of nitriles is 1. The Balaban J connectivity index is 2.96. The van der Waals surface area contributed by atoms with E-state index < -0.39 is 0 Å². The van der Waals surface area contributed by atoms with Crippen LogP contribution in [0.2, 0.25) is 0 Å². The van der Waals surface area contributed by atoms with Gasteiger partial charge in [0.05, 0.1) is 11.8 Å². The fourth-order valence-corrected chi connectivity index (χ4v) is 1.03.